The minimum Gasteiger partial charge on any atom is -0.335 e. The van der Waals surface area contributed by atoms with Crippen molar-refractivity contribution in [3.8, 4) is 0 Å². The van der Waals surface area contributed by atoms with Crippen molar-refractivity contribution >= 4 is 15.9 Å². The third-order valence-electron chi connectivity index (χ3n) is 4.95. The minimum atomic E-state index is -3.59. The smallest absolute Gasteiger partial charge is 0.254 e. The first kappa shape index (κ1) is 19.3. The Kier molecular flexibility index (Phi) is 5.77. The topological polar surface area (TPSA) is 66.5 Å². The molecule has 0 saturated heterocycles. The highest BCUT2D eigenvalue weighted by Gasteiger charge is 2.27. The summed E-state index contributed by atoms with van der Waals surface area (Å²) in [7, 11) is -1.78. The van der Waals surface area contributed by atoms with E-state index in [1.807, 2.05) is 19.2 Å². The molecule has 1 amide bonds. The van der Waals surface area contributed by atoms with Crippen molar-refractivity contribution in [2.75, 3.05) is 13.6 Å². The lowest BCUT2D eigenvalue weighted by Gasteiger charge is -2.33. The lowest BCUT2D eigenvalue weighted by Crippen LogP contribution is -2.33. The van der Waals surface area contributed by atoms with Gasteiger partial charge in [0.05, 0.1) is 10.9 Å². The minimum absolute atomic E-state index is 0.0418. The fraction of sp³-hybridized carbons (Fsp3) is 0.286. The molecule has 0 radical (unpaired) electrons. The highest BCUT2D eigenvalue weighted by molar-refractivity contribution is 7.89. The number of nitrogens with one attached hydrogen (secondary N) is 1. The van der Waals surface area contributed by atoms with E-state index in [1.165, 1.54) is 29.3 Å². The zero-order valence-electron chi connectivity index (χ0n) is 15.4. The number of rotatable bonds is 6. The molecule has 0 aromatic heterocycles. The maximum atomic E-state index is 12.9. The van der Waals surface area contributed by atoms with E-state index in [0.29, 0.717) is 5.56 Å². The van der Waals surface area contributed by atoms with Crippen molar-refractivity contribution < 1.29 is 13.2 Å². The molecule has 2 aromatic carbocycles. The Labute approximate surface area is 160 Å². The molecule has 0 unspecified atom stereocenters. The average molecular weight is 385 g/mol. The van der Waals surface area contributed by atoms with Crippen molar-refractivity contribution in [3.63, 3.8) is 0 Å². The van der Waals surface area contributed by atoms with Crippen molar-refractivity contribution in [1.29, 1.82) is 0 Å². The summed E-state index contributed by atoms with van der Waals surface area (Å²) >= 11 is 0. The van der Waals surface area contributed by atoms with Gasteiger partial charge in [-0.05, 0) is 54.7 Å². The molecule has 1 aliphatic carbocycles. The normalized spacial score (nSPS) is 16.4. The number of aryl methyl sites for hydroxylation is 1. The molecule has 0 aliphatic heterocycles. The van der Waals surface area contributed by atoms with Gasteiger partial charge in [0, 0.05) is 19.2 Å². The fourth-order valence-corrected chi connectivity index (χ4v) is 4.50. The second-order valence-electron chi connectivity index (χ2n) is 6.69. The number of benzene rings is 2. The molecule has 27 heavy (non-hydrogen) atoms. The zero-order valence-corrected chi connectivity index (χ0v) is 16.2. The van der Waals surface area contributed by atoms with Gasteiger partial charge in [-0.1, -0.05) is 30.3 Å². The number of sulfonamides is 1. The predicted octanol–water partition coefficient (Wildman–Crippen LogP) is 3.30. The van der Waals surface area contributed by atoms with E-state index >= 15 is 0 Å². The van der Waals surface area contributed by atoms with Crippen LogP contribution in [-0.2, 0) is 16.4 Å². The summed E-state index contributed by atoms with van der Waals surface area (Å²) in [6, 6.07) is 14.3. The van der Waals surface area contributed by atoms with Crippen LogP contribution in [0.3, 0.4) is 0 Å². The average Bonchev–Trinajstić information content (AvgIpc) is 2.71. The van der Waals surface area contributed by atoms with E-state index < -0.39 is 10.0 Å². The van der Waals surface area contributed by atoms with E-state index in [1.54, 1.807) is 17.0 Å². The molecule has 0 heterocycles. The van der Waals surface area contributed by atoms with Crippen LogP contribution in [0.25, 0.3) is 0 Å². The van der Waals surface area contributed by atoms with Gasteiger partial charge in [-0.15, -0.1) is 6.58 Å². The number of carbonyl (C=O) groups excluding carboxylic acids is 1. The maximum absolute atomic E-state index is 12.9. The molecule has 5 nitrogen and oxygen atoms in total. The van der Waals surface area contributed by atoms with Gasteiger partial charge < -0.3 is 4.90 Å². The van der Waals surface area contributed by atoms with E-state index in [4.69, 9.17) is 0 Å². The first-order chi connectivity index (χ1) is 12.9. The van der Waals surface area contributed by atoms with Crippen LogP contribution >= 0.6 is 0 Å². The quantitative estimate of drug-likeness (QED) is 0.777. The highest BCUT2D eigenvalue weighted by Crippen LogP contribution is 2.34. The number of hydrogen-bond acceptors (Lipinski definition) is 3. The molecule has 2 aromatic rings. The predicted molar refractivity (Wildman–Crippen MR) is 106 cm³/mol. The number of hydrogen-bond donors (Lipinski definition) is 1. The molecular weight excluding hydrogens is 360 g/mol. The first-order valence-electron chi connectivity index (χ1n) is 8.99. The molecule has 0 spiro atoms. The van der Waals surface area contributed by atoms with Gasteiger partial charge in [-0.3, -0.25) is 4.79 Å². The van der Waals surface area contributed by atoms with Gasteiger partial charge in [0.25, 0.3) is 5.91 Å². The summed E-state index contributed by atoms with van der Waals surface area (Å²) in [4.78, 5) is 14.8. The summed E-state index contributed by atoms with van der Waals surface area (Å²) < 4.78 is 26.7. The van der Waals surface area contributed by atoms with Crippen LogP contribution in [0.5, 0.6) is 0 Å². The molecule has 0 bridgehead atoms. The molecule has 1 aliphatic rings. The molecule has 0 saturated carbocycles. The number of carbonyl (C=O) groups is 1. The number of nitrogens with zero attached hydrogens (tertiary/aromatic N) is 1. The molecule has 1 N–H and O–H groups in total. The van der Waals surface area contributed by atoms with Crippen LogP contribution in [0.4, 0.5) is 0 Å². The van der Waals surface area contributed by atoms with Gasteiger partial charge >= 0.3 is 0 Å². The largest absolute Gasteiger partial charge is 0.335 e. The third kappa shape index (κ3) is 4.12. The molecule has 142 valence electrons. The Morgan fingerprint density at radius 2 is 1.93 bits per heavy atom. The number of amides is 1. The standard InChI is InChI=1S/C21H24N2O3S/c1-3-15-22-27(25,26)18-13-11-17(12-14-18)21(24)23(2)20-10-6-8-16-7-4-5-9-19(16)20/h3-5,7,9,11-14,20,22H,1,6,8,10,15H2,2H3/t20-/m0/s1. The van der Waals surface area contributed by atoms with Gasteiger partial charge in [-0.25, -0.2) is 13.1 Å². The van der Waals surface area contributed by atoms with E-state index in [9.17, 15) is 13.2 Å². The lowest BCUT2D eigenvalue weighted by molar-refractivity contribution is 0.0715. The lowest BCUT2D eigenvalue weighted by atomic mass is 9.87. The van der Waals surface area contributed by atoms with E-state index in [0.717, 1.165) is 19.3 Å². The maximum Gasteiger partial charge on any atom is 0.254 e. The Hall–Kier alpha value is -2.44. The number of fused-ring (bicyclic) bond motifs is 1. The Balaban J connectivity index is 1.79. The van der Waals surface area contributed by atoms with Crippen molar-refractivity contribution in [1.82, 2.24) is 9.62 Å². The summed E-state index contributed by atoms with van der Waals surface area (Å²) in [5, 5.41) is 0. The Morgan fingerprint density at radius 3 is 2.63 bits per heavy atom. The Morgan fingerprint density at radius 1 is 1.22 bits per heavy atom. The van der Waals surface area contributed by atoms with Gasteiger partial charge in [-0.2, -0.15) is 0 Å². The SMILES string of the molecule is C=CCNS(=O)(=O)c1ccc(C(=O)N(C)[C@H]2CCCc3ccccc32)cc1. The second kappa shape index (κ2) is 8.06. The van der Waals surface area contributed by atoms with Crippen LogP contribution in [0, 0.1) is 0 Å². The van der Waals surface area contributed by atoms with Crippen LogP contribution in [0.1, 0.15) is 40.4 Å². The van der Waals surface area contributed by atoms with Crippen molar-refractivity contribution in [2.24, 2.45) is 0 Å². The van der Waals surface area contributed by atoms with E-state index in [2.05, 4.69) is 23.4 Å². The molecule has 1 atom stereocenters. The summed E-state index contributed by atoms with van der Waals surface area (Å²) in [5.74, 6) is -0.111. The van der Waals surface area contributed by atoms with Crippen LogP contribution in [0.15, 0.2) is 66.1 Å². The third-order valence-corrected chi connectivity index (χ3v) is 6.39. The van der Waals surface area contributed by atoms with Crippen LogP contribution in [0.2, 0.25) is 0 Å². The zero-order chi connectivity index (χ0) is 19.4. The molecule has 3 rings (SSSR count). The molecule has 0 fully saturated rings. The summed E-state index contributed by atoms with van der Waals surface area (Å²) in [6.45, 7) is 3.66. The van der Waals surface area contributed by atoms with Crippen LogP contribution < -0.4 is 4.72 Å². The van der Waals surface area contributed by atoms with Gasteiger partial charge in [0.15, 0.2) is 0 Å². The first-order valence-corrected chi connectivity index (χ1v) is 10.5. The van der Waals surface area contributed by atoms with Crippen LogP contribution in [-0.4, -0.2) is 32.8 Å². The second-order valence-corrected chi connectivity index (χ2v) is 8.45. The fourth-order valence-electron chi connectivity index (χ4n) is 3.50. The molecular formula is C21H24N2O3S. The van der Waals surface area contributed by atoms with Gasteiger partial charge in [0.1, 0.15) is 0 Å². The van der Waals surface area contributed by atoms with Crippen molar-refractivity contribution in [2.45, 2.75) is 30.2 Å². The summed E-state index contributed by atoms with van der Waals surface area (Å²) in [6.07, 6.45) is 4.49. The highest BCUT2D eigenvalue weighted by atomic mass is 32.2. The Bertz CT molecular complexity index is 936. The summed E-state index contributed by atoms with van der Waals surface area (Å²) in [5.41, 5.74) is 2.97. The van der Waals surface area contributed by atoms with Crippen molar-refractivity contribution in [3.05, 3.63) is 77.9 Å². The van der Waals surface area contributed by atoms with E-state index in [-0.39, 0.29) is 23.4 Å². The van der Waals surface area contributed by atoms with Gasteiger partial charge in [0.2, 0.25) is 10.0 Å². The monoisotopic (exact) mass is 384 g/mol. The molecule has 6 heteroatoms.